The highest BCUT2D eigenvalue weighted by atomic mass is 32.1. The van der Waals surface area contributed by atoms with Crippen LogP contribution in [0.1, 0.15) is 31.3 Å². The lowest BCUT2D eigenvalue weighted by Crippen LogP contribution is -2.07. The van der Waals surface area contributed by atoms with Gasteiger partial charge in [0.2, 0.25) is 0 Å². The first-order valence-electron chi connectivity index (χ1n) is 8.65. The monoisotopic (exact) mass is 396 g/mol. The number of hydrogen-bond acceptors (Lipinski definition) is 6. The summed E-state index contributed by atoms with van der Waals surface area (Å²) in [5.74, 6) is 1.38. The first-order chi connectivity index (χ1) is 13.1. The fourth-order valence-corrected chi connectivity index (χ4v) is 4.02. The molecule has 27 heavy (non-hydrogen) atoms. The first kappa shape index (κ1) is 19.2. The van der Waals surface area contributed by atoms with Crippen molar-refractivity contribution in [3.63, 3.8) is 0 Å². The van der Waals surface area contributed by atoms with Gasteiger partial charge < -0.3 is 9.47 Å². The van der Waals surface area contributed by atoms with Crippen LogP contribution < -0.4 is 9.47 Å². The zero-order valence-electron chi connectivity index (χ0n) is 15.4. The molecule has 0 atom stereocenters. The van der Waals surface area contributed by atoms with E-state index in [2.05, 4.69) is 11.1 Å². The number of allylic oxidation sites excluding steroid dienone is 1. The van der Waals surface area contributed by atoms with Crippen molar-refractivity contribution in [3.05, 3.63) is 51.7 Å². The number of aromatic nitrogens is 1. The number of thiazole rings is 1. The summed E-state index contributed by atoms with van der Waals surface area (Å²) in [5, 5.41) is 14.3. The smallest absolute Gasteiger partial charge is 0.161 e. The molecule has 0 aliphatic carbocycles. The van der Waals surface area contributed by atoms with Crippen molar-refractivity contribution >= 4 is 34.3 Å². The normalized spacial score (nSPS) is 11.4. The topological polar surface area (TPSA) is 55.1 Å². The fraction of sp³-hybridized carbons (Fsp3) is 0.238. The average molecular weight is 397 g/mol. The van der Waals surface area contributed by atoms with Crippen LogP contribution in [0, 0.1) is 11.3 Å². The second kappa shape index (κ2) is 8.85. The number of rotatable bonds is 7. The van der Waals surface area contributed by atoms with Crippen LogP contribution >= 0.6 is 22.7 Å². The van der Waals surface area contributed by atoms with Crippen LogP contribution in [-0.4, -0.2) is 17.7 Å². The van der Waals surface area contributed by atoms with Crippen LogP contribution in [0.2, 0.25) is 0 Å². The van der Waals surface area contributed by atoms with Gasteiger partial charge in [-0.2, -0.15) is 5.26 Å². The van der Waals surface area contributed by atoms with Crippen LogP contribution in [0.3, 0.4) is 0 Å². The molecule has 0 aliphatic heterocycles. The summed E-state index contributed by atoms with van der Waals surface area (Å²) in [6, 6.07) is 12.0. The Morgan fingerprint density at radius 3 is 2.78 bits per heavy atom. The molecule has 1 aromatic carbocycles. The number of thiophene rings is 1. The lowest BCUT2D eigenvalue weighted by molar-refractivity contribution is 0.224. The quantitative estimate of drug-likeness (QED) is 0.451. The lowest BCUT2D eigenvalue weighted by Gasteiger charge is -2.15. The van der Waals surface area contributed by atoms with E-state index < -0.39 is 0 Å². The van der Waals surface area contributed by atoms with Gasteiger partial charge in [-0.05, 0) is 56.0 Å². The number of ether oxygens (including phenoxy) is 2. The second-order valence-electron chi connectivity index (χ2n) is 5.99. The molecule has 0 N–H and O–H groups in total. The Morgan fingerprint density at radius 2 is 2.11 bits per heavy atom. The predicted octanol–water partition coefficient (Wildman–Crippen LogP) is 6.12. The van der Waals surface area contributed by atoms with E-state index >= 15 is 0 Å². The van der Waals surface area contributed by atoms with E-state index in [0.717, 1.165) is 16.1 Å². The number of hydrogen-bond donors (Lipinski definition) is 0. The van der Waals surface area contributed by atoms with Crippen LogP contribution in [0.15, 0.2) is 41.1 Å². The molecule has 138 valence electrons. The highest BCUT2D eigenvalue weighted by molar-refractivity contribution is 7.14. The van der Waals surface area contributed by atoms with Gasteiger partial charge in [-0.15, -0.1) is 22.7 Å². The Bertz CT molecular complexity index is 966. The number of nitriles is 1. The SMILES string of the molecule is CCOc1cc(C=C(C#N)c2nc(-c3cccs3)cs2)ccc1OC(C)C. The molecule has 0 radical (unpaired) electrons. The Morgan fingerprint density at radius 1 is 1.26 bits per heavy atom. The maximum atomic E-state index is 9.62. The molecular formula is C21H20N2O2S2. The summed E-state index contributed by atoms with van der Waals surface area (Å²) in [5.41, 5.74) is 2.31. The molecule has 3 aromatic rings. The minimum atomic E-state index is 0.0614. The van der Waals surface area contributed by atoms with Crippen molar-refractivity contribution in [2.24, 2.45) is 0 Å². The van der Waals surface area contributed by atoms with Crippen molar-refractivity contribution < 1.29 is 9.47 Å². The van der Waals surface area contributed by atoms with Gasteiger partial charge in [0, 0.05) is 5.38 Å². The molecule has 0 aliphatic rings. The highest BCUT2D eigenvalue weighted by Crippen LogP contribution is 2.32. The van der Waals surface area contributed by atoms with Crippen molar-refractivity contribution in [1.82, 2.24) is 4.98 Å². The molecular weight excluding hydrogens is 376 g/mol. The van der Waals surface area contributed by atoms with Crippen molar-refractivity contribution in [2.45, 2.75) is 26.9 Å². The minimum absolute atomic E-state index is 0.0614. The molecule has 3 rings (SSSR count). The van der Waals surface area contributed by atoms with E-state index in [0.29, 0.717) is 28.7 Å². The van der Waals surface area contributed by atoms with Crippen LogP contribution in [-0.2, 0) is 0 Å². The molecule has 0 spiro atoms. The zero-order valence-corrected chi connectivity index (χ0v) is 17.1. The second-order valence-corrected chi connectivity index (χ2v) is 7.80. The summed E-state index contributed by atoms with van der Waals surface area (Å²) < 4.78 is 11.5. The summed E-state index contributed by atoms with van der Waals surface area (Å²) in [6.45, 7) is 6.43. The van der Waals surface area contributed by atoms with E-state index in [9.17, 15) is 5.26 Å². The van der Waals surface area contributed by atoms with Crippen molar-refractivity contribution in [3.8, 4) is 28.1 Å². The van der Waals surface area contributed by atoms with E-state index in [1.54, 1.807) is 11.3 Å². The van der Waals surface area contributed by atoms with Gasteiger partial charge in [-0.3, -0.25) is 0 Å². The summed E-state index contributed by atoms with van der Waals surface area (Å²) in [4.78, 5) is 5.72. The largest absolute Gasteiger partial charge is 0.490 e. The highest BCUT2D eigenvalue weighted by Gasteiger charge is 2.12. The van der Waals surface area contributed by atoms with Crippen molar-refractivity contribution in [1.29, 1.82) is 5.26 Å². The predicted molar refractivity (Wildman–Crippen MR) is 112 cm³/mol. The maximum absolute atomic E-state index is 9.62. The maximum Gasteiger partial charge on any atom is 0.161 e. The third-order valence-corrected chi connectivity index (χ3v) is 5.34. The van der Waals surface area contributed by atoms with Crippen molar-refractivity contribution in [2.75, 3.05) is 6.61 Å². The van der Waals surface area contributed by atoms with Crippen LogP contribution in [0.4, 0.5) is 0 Å². The molecule has 0 bridgehead atoms. The van der Waals surface area contributed by atoms with Gasteiger partial charge in [0.15, 0.2) is 11.5 Å². The van der Waals surface area contributed by atoms with Gasteiger partial charge in [0.25, 0.3) is 0 Å². The van der Waals surface area contributed by atoms with Gasteiger partial charge in [-0.25, -0.2) is 4.98 Å². The molecule has 0 saturated carbocycles. The van der Waals surface area contributed by atoms with Gasteiger partial charge in [0.05, 0.1) is 28.9 Å². The van der Waals surface area contributed by atoms with Crippen LogP contribution in [0.25, 0.3) is 22.2 Å². The first-order valence-corrected chi connectivity index (χ1v) is 10.4. The standard InChI is InChI=1S/C21H20N2O2S2/c1-4-24-19-11-15(7-8-18(19)25-14(2)3)10-16(12-22)21-23-17(13-27-21)20-6-5-9-26-20/h5-11,13-14H,4H2,1-3H3. The molecule has 0 amide bonds. The van der Waals surface area contributed by atoms with E-state index in [1.165, 1.54) is 11.3 Å². The fourth-order valence-electron chi connectivity index (χ4n) is 2.48. The lowest BCUT2D eigenvalue weighted by atomic mass is 10.1. The molecule has 6 heteroatoms. The van der Waals surface area contributed by atoms with E-state index in [4.69, 9.17) is 9.47 Å². The Kier molecular flexibility index (Phi) is 6.28. The molecule has 0 saturated heterocycles. The Balaban J connectivity index is 1.91. The molecule has 2 heterocycles. The third-order valence-electron chi connectivity index (χ3n) is 3.57. The molecule has 2 aromatic heterocycles. The third kappa shape index (κ3) is 4.76. The van der Waals surface area contributed by atoms with E-state index in [-0.39, 0.29) is 6.10 Å². The number of benzene rings is 1. The van der Waals surface area contributed by atoms with Gasteiger partial charge in [-0.1, -0.05) is 12.1 Å². The van der Waals surface area contributed by atoms with Crippen LogP contribution in [0.5, 0.6) is 11.5 Å². The summed E-state index contributed by atoms with van der Waals surface area (Å²) in [6.07, 6.45) is 1.89. The van der Waals surface area contributed by atoms with E-state index in [1.807, 2.05) is 67.9 Å². The average Bonchev–Trinajstić information content (AvgIpc) is 3.33. The summed E-state index contributed by atoms with van der Waals surface area (Å²) in [7, 11) is 0. The molecule has 4 nitrogen and oxygen atoms in total. The number of nitrogens with zero attached hydrogens (tertiary/aromatic N) is 2. The zero-order chi connectivity index (χ0) is 19.2. The molecule has 0 unspecified atom stereocenters. The Labute approximate surface area is 167 Å². The molecule has 0 fully saturated rings. The van der Waals surface area contributed by atoms with Gasteiger partial charge in [0.1, 0.15) is 11.1 Å². The Hall–Kier alpha value is -2.62. The minimum Gasteiger partial charge on any atom is -0.490 e. The van der Waals surface area contributed by atoms with Gasteiger partial charge >= 0.3 is 0 Å². The summed E-state index contributed by atoms with van der Waals surface area (Å²) >= 11 is 3.11.